The third-order valence-electron chi connectivity index (χ3n) is 11.9. The monoisotopic (exact) mass is 1050 g/mol. The maximum absolute atomic E-state index is 13.8. The molecule has 0 aliphatic carbocycles. The second-order valence-electron chi connectivity index (χ2n) is 18.4. The number of hydrogen-bond donors (Lipinski definition) is 1. The highest BCUT2D eigenvalue weighted by Gasteiger charge is 2.51. The predicted octanol–water partition coefficient (Wildman–Crippen LogP) is 8.73. The summed E-state index contributed by atoms with van der Waals surface area (Å²) in [6, 6.07) is 38.9. The number of carbonyl (C=O) groups is 1. The minimum Gasteiger partial charge on any atom is -0.374 e. The lowest BCUT2D eigenvalue weighted by molar-refractivity contribution is -0.329. The maximum atomic E-state index is 13.8. The summed E-state index contributed by atoms with van der Waals surface area (Å²) in [5.74, 6) is 49.9. The SMILES string of the molecule is CC#CC#CC#CC#CC#CC#CC#CC#CC#CC#CC(=O)N[C@@H](COC1OC(COCc2ccccc2)C(OCc2ccccc2)C(OCc2ccccc2)C1OCc1ccccc1)[C@@H]1OC(C)(C)O[C@@H]1CCCCCC. The zero-order valence-corrected chi connectivity index (χ0v) is 45.1. The molecule has 0 saturated carbocycles. The van der Waals surface area contributed by atoms with E-state index in [9.17, 15) is 4.79 Å². The van der Waals surface area contributed by atoms with Crippen molar-refractivity contribution in [3.63, 3.8) is 0 Å². The van der Waals surface area contributed by atoms with Gasteiger partial charge in [-0.1, -0.05) is 160 Å². The fourth-order valence-corrected chi connectivity index (χ4v) is 8.35. The fourth-order valence-electron chi connectivity index (χ4n) is 8.35. The highest BCUT2D eigenvalue weighted by Crippen LogP contribution is 2.35. The molecule has 2 heterocycles. The van der Waals surface area contributed by atoms with E-state index < -0.39 is 54.5 Å². The normalized spacial score (nSPS) is 19.3. The quantitative estimate of drug-likeness (QED) is 0.0578. The Morgan fingerprint density at radius 1 is 0.519 bits per heavy atom. The van der Waals surface area contributed by atoms with Crippen molar-refractivity contribution < 1.29 is 42.7 Å². The van der Waals surface area contributed by atoms with Gasteiger partial charge >= 0.3 is 0 Å². The van der Waals surface area contributed by atoms with E-state index in [4.69, 9.17) is 37.9 Å². The number of hydrogen-bond acceptors (Lipinski definition) is 9. The Balaban J connectivity index is 1.26. The molecular formula is C69H63NO9. The Kier molecular flexibility index (Phi) is 26.6. The van der Waals surface area contributed by atoms with Crippen LogP contribution in [0.25, 0.3) is 0 Å². The van der Waals surface area contributed by atoms with Crippen LogP contribution in [0, 0.1) is 118 Å². The van der Waals surface area contributed by atoms with Crippen molar-refractivity contribution in [3.8, 4) is 118 Å². The number of benzene rings is 4. The molecule has 5 unspecified atom stereocenters. The van der Waals surface area contributed by atoms with Crippen LogP contribution in [0.15, 0.2) is 121 Å². The summed E-state index contributed by atoms with van der Waals surface area (Å²) >= 11 is 0. The van der Waals surface area contributed by atoms with Gasteiger partial charge in [0.1, 0.15) is 30.5 Å². The average Bonchev–Trinajstić information content (AvgIpc) is 3.90. The first-order valence-corrected chi connectivity index (χ1v) is 26.3. The Hall–Kier alpha value is -8.37. The lowest BCUT2D eigenvalue weighted by Crippen LogP contribution is -2.62. The molecule has 8 atom stereocenters. The molecule has 2 aliphatic heterocycles. The Labute approximate surface area is 468 Å². The average molecular weight is 1050 g/mol. The van der Waals surface area contributed by atoms with E-state index in [2.05, 4.69) is 131 Å². The van der Waals surface area contributed by atoms with Gasteiger partial charge in [-0.15, -0.1) is 0 Å². The van der Waals surface area contributed by atoms with Crippen LogP contribution in [-0.2, 0) is 69.1 Å². The molecule has 4 aromatic carbocycles. The van der Waals surface area contributed by atoms with Crippen LogP contribution >= 0.6 is 0 Å². The van der Waals surface area contributed by atoms with E-state index in [0.29, 0.717) is 13.0 Å². The van der Waals surface area contributed by atoms with Crippen molar-refractivity contribution in [2.45, 2.75) is 141 Å². The zero-order valence-electron chi connectivity index (χ0n) is 45.1. The third-order valence-corrected chi connectivity index (χ3v) is 11.9. The summed E-state index contributed by atoms with van der Waals surface area (Å²) in [7, 11) is 0. The van der Waals surface area contributed by atoms with Crippen molar-refractivity contribution in [2.24, 2.45) is 0 Å². The van der Waals surface area contributed by atoms with Gasteiger partial charge in [0.05, 0.1) is 51.8 Å². The molecular weight excluding hydrogens is 987 g/mol. The smallest absolute Gasteiger partial charge is 0.297 e. The van der Waals surface area contributed by atoms with Gasteiger partial charge in [0.25, 0.3) is 5.91 Å². The minimum absolute atomic E-state index is 0.0883. The Bertz CT molecular complexity index is 3230. The molecule has 10 nitrogen and oxygen atoms in total. The predicted molar refractivity (Wildman–Crippen MR) is 304 cm³/mol. The largest absolute Gasteiger partial charge is 0.374 e. The highest BCUT2D eigenvalue weighted by molar-refractivity contribution is 5.94. The zero-order chi connectivity index (χ0) is 55.4. The third kappa shape index (κ3) is 22.6. The lowest BCUT2D eigenvalue weighted by Gasteiger charge is -2.46. The van der Waals surface area contributed by atoms with E-state index >= 15 is 0 Å². The molecule has 1 N–H and O–H groups in total. The van der Waals surface area contributed by atoms with Gasteiger partial charge in [0.15, 0.2) is 12.1 Å². The van der Waals surface area contributed by atoms with Gasteiger partial charge in [-0.25, -0.2) is 0 Å². The molecule has 79 heavy (non-hydrogen) atoms. The van der Waals surface area contributed by atoms with Gasteiger partial charge in [-0.3, -0.25) is 4.79 Å². The molecule has 0 bridgehead atoms. The van der Waals surface area contributed by atoms with E-state index in [1.807, 2.05) is 135 Å². The first-order valence-electron chi connectivity index (χ1n) is 26.3. The van der Waals surface area contributed by atoms with Gasteiger partial charge in [-0.05, 0) is 144 Å². The van der Waals surface area contributed by atoms with Crippen molar-refractivity contribution >= 4 is 5.91 Å². The second-order valence-corrected chi connectivity index (χ2v) is 18.4. The summed E-state index contributed by atoms with van der Waals surface area (Å²) in [5, 5.41) is 3.07. The van der Waals surface area contributed by atoms with Crippen molar-refractivity contribution in [1.82, 2.24) is 5.32 Å². The minimum atomic E-state index is -1.06. The van der Waals surface area contributed by atoms with Crippen molar-refractivity contribution in [2.75, 3.05) is 13.2 Å². The lowest BCUT2D eigenvalue weighted by atomic mass is 9.97. The standard InChI is InChI=1S/C69H63NO9/c1-5-7-9-11-12-13-14-15-16-17-18-19-20-21-22-23-24-25-39-49-63(71)70-60(64-61(48-38-10-8-6-2)78-69(3,4)79-64)54-76-68-67(75-53-59-46-36-29-37-47-59)66(74-52-58-44-34-28-35-45-58)65(73-51-57-42-32-27-33-43-57)62(77-68)55-72-50-56-40-30-26-31-41-56/h26-37,40-47,60-62,64-68H,6,8,10,38,48,50-55H2,1-4H3,(H,70,71)/t60-,61+,62?,64-,65?,66?,67?,68?/m0/s1. The summed E-state index contributed by atoms with van der Waals surface area (Å²) in [6.45, 7) is 8.72. The van der Waals surface area contributed by atoms with Crippen molar-refractivity contribution in [1.29, 1.82) is 0 Å². The molecule has 4 aromatic rings. The summed E-state index contributed by atoms with van der Waals surface area (Å²) in [6.07, 6.45) is -0.226. The van der Waals surface area contributed by atoms with Gasteiger partial charge in [0.2, 0.25) is 0 Å². The molecule has 398 valence electrons. The van der Waals surface area contributed by atoms with Crippen molar-refractivity contribution in [3.05, 3.63) is 144 Å². The fraction of sp³-hybridized carbons (Fsp3) is 0.348. The molecule has 2 aliphatic rings. The molecule has 10 heteroatoms. The van der Waals surface area contributed by atoms with E-state index in [1.54, 1.807) is 6.92 Å². The number of rotatable bonds is 23. The van der Waals surface area contributed by atoms with Gasteiger partial charge in [-0.2, -0.15) is 0 Å². The molecule has 2 fully saturated rings. The number of amides is 1. The number of unbranched alkanes of at least 4 members (excludes halogenated alkanes) is 3. The van der Waals surface area contributed by atoms with Crippen LogP contribution in [0.4, 0.5) is 0 Å². The first-order chi connectivity index (χ1) is 38.8. The molecule has 6 rings (SSSR count). The summed E-state index contributed by atoms with van der Waals surface area (Å²) < 4.78 is 54.2. The molecule has 2 saturated heterocycles. The number of nitrogens with one attached hydrogen (secondary N) is 1. The second kappa shape index (κ2) is 35.1. The van der Waals surface area contributed by atoms with Crippen LogP contribution < -0.4 is 5.32 Å². The van der Waals surface area contributed by atoms with E-state index in [-0.39, 0.29) is 39.1 Å². The van der Waals surface area contributed by atoms with E-state index in [1.165, 1.54) is 0 Å². The Morgan fingerprint density at radius 2 is 0.962 bits per heavy atom. The molecule has 1 amide bonds. The van der Waals surface area contributed by atoms with Crippen LogP contribution in [0.1, 0.15) is 82.1 Å². The van der Waals surface area contributed by atoms with Crippen LogP contribution in [0.5, 0.6) is 0 Å². The number of carbonyl (C=O) groups excluding carboxylic acids is 1. The van der Waals surface area contributed by atoms with Gasteiger partial charge in [0, 0.05) is 17.8 Å². The van der Waals surface area contributed by atoms with E-state index in [0.717, 1.165) is 47.9 Å². The van der Waals surface area contributed by atoms with Crippen LogP contribution in [0.2, 0.25) is 0 Å². The highest BCUT2D eigenvalue weighted by atomic mass is 16.8. The van der Waals surface area contributed by atoms with Gasteiger partial charge < -0.3 is 43.2 Å². The molecule has 0 aromatic heterocycles. The first kappa shape index (κ1) is 59.9. The molecule has 0 spiro atoms. The van der Waals surface area contributed by atoms with Crippen LogP contribution in [-0.4, -0.2) is 73.9 Å². The number of ether oxygens (including phenoxy) is 8. The summed E-state index contributed by atoms with van der Waals surface area (Å²) in [5.41, 5.74) is 3.89. The maximum Gasteiger partial charge on any atom is 0.297 e. The topological polar surface area (TPSA) is 103 Å². The summed E-state index contributed by atoms with van der Waals surface area (Å²) in [4.78, 5) is 13.8. The Morgan fingerprint density at radius 3 is 1.44 bits per heavy atom. The van der Waals surface area contributed by atoms with Crippen LogP contribution in [0.3, 0.4) is 0 Å². The molecule has 0 radical (unpaired) electrons.